The van der Waals surface area contributed by atoms with Gasteiger partial charge < -0.3 is 20.3 Å². The third-order valence-electron chi connectivity index (χ3n) is 4.21. The Labute approximate surface area is 141 Å². The van der Waals surface area contributed by atoms with Crippen LogP contribution in [0.3, 0.4) is 0 Å². The van der Waals surface area contributed by atoms with Crippen LogP contribution in [0.15, 0.2) is 48.8 Å². The minimum absolute atomic E-state index is 0.163. The number of ether oxygens (including phenoxy) is 1. The number of hydrogen-bond acceptors (Lipinski definition) is 4. The molecule has 3 rings (SSSR count). The van der Waals surface area contributed by atoms with Crippen LogP contribution in [0.2, 0.25) is 0 Å². The lowest BCUT2D eigenvalue weighted by Gasteiger charge is -2.34. The van der Waals surface area contributed by atoms with Gasteiger partial charge in [-0.05, 0) is 49.2 Å². The van der Waals surface area contributed by atoms with Gasteiger partial charge in [0, 0.05) is 42.9 Å². The zero-order valence-corrected chi connectivity index (χ0v) is 13.7. The van der Waals surface area contributed by atoms with Gasteiger partial charge in [0.25, 0.3) is 0 Å². The van der Waals surface area contributed by atoms with Crippen LogP contribution in [-0.4, -0.2) is 37.3 Å². The molecule has 0 atom stereocenters. The first kappa shape index (κ1) is 16.1. The lowest BCUT2D eigenvalue weighted by molar-refractivity contribution is 0.246. The molecule has 1 aromatic heterocycles. The molecule has 6 heteroatoms. The van der Waals surface area contributed by atoms with E-state index in [9.17, 15) is 4.79 Å². The number of aromatic nitrogens is 1. The van der Waals surface area contributed by atoms with Crippen LogP contribution in [0.25, 0.3) is 0 Å². The first-order valence-electron chi connectivity index (χ1n) is 8.11. The molecule has 2 N–H and O–H groups in total. The normalized spacial score (nSPS) is 15.0. The number of anilines is 2. The van der Waals surface area contributed by atoms with Crippen molar-refractivity contribution in [1.29, 1.82) is 0 Å². The summed E-state index contributed by atoms with van der Waals surface area (Å²) < 4.78 is 5.19. The molecule has 6 nitrogen and oxygen atoms in total. The van der Waals surface area contributed by atoms with Gasteiger partial charge in [0.2, 0.25) is 0 Å². The molecule has 0 saturated carbocycles. The van der Waals surface area contributed by atoms with Gasteiger partial charge in [-0.1, -0.05) is 0 Å². The lowest BCUT2D eigenvalue weighted by Crippen LogP contribution is -2.46. The number of rotatable bonds is 4. The van der Waals surface area contributed by atoms with Crippen molar-refractivity contribution in [1.82, 2.24) is 10.3 Å². The molecular formula is C18H22N4O2. The highest BCUT2D eigenvalue weighted by Gasteiger charge is 2.20. The molecule has 2 heterocycles. The van der Waals surface area contributed by atoms with Crippen molar-refractivity contribution in [2.75, 3.05) is 30.4 Å². The van der Waals surface area contributed by atoms with Gasteiger partial charge in [-0.15, -0.1) is 0 Å². The van der Waals surface area contributed by atoms with Crippen molar-refractivity contribution in [3.63, 3.8) is 0 Å². The van der Waals surface area contributed by atoms with Gasteiger partial charge in [0.15, 0.2) is 0 Å². The summed E-state index contributed by atoms with van der Waals surface area (Å²) in [5.41, 5.74) is 1.94. The SMILES string of the molecule is COc1ccc(N2CCC(NC(=O)Nc3ccncc3)CC2)cc1. The van der Waals surface area contributed by atoms with Crippen molar-refractivity contribution in [3.05, 3.63) is 48.8 Å². The predicted molar refractivity (Wildman–Crippen MR) is 94.6 cm³/mol. The van der Waals surface area contributed by atoms with Gasteiger partial charge in [-0.25, -0.2) is 4.79 Å². The van der Waals surface area contributed by atoms with Crippen molar-refractivity contribution in [3.8, 4) is 5.75 Å². The van der Waals surface area contributed by atoms with E-state index >= 15 is 0 Å². The Hall–Kier alpha value is -2.76. The van der Waals surface area contributed by atoms with Crippen molar-refractivity contribution >= 4 is 17.4 Å². The number of hydrogen-bond donors (Lipinski definition) is 2. The predicted octanol–water partition coefficient (Wildman–Crippen LogP) is 2.88. The fourth-order valence-electron chi connectivity index (χ4n) is 2.86. The van der Waals surface area contributed by atoms with E-state index in [2.05, 4.69) is 32.7 Å². The van der Waals surface area contributed by atoms with Crippen LogP contribution >= 0.6 is 0 Å². The Bertz CT molecular complexity index is 652. The summed E-state index contributed by atoms with van der Waals surface area (Å²) in [6.07, 6.45) is 5.16. The maximum absolute atomic E-state index is 12.0. The molecule has 2 aromatic rings. The highest BCUT2D eigenvalue weighted by molar-refractivity contribution is 5.89. The largest absolute Gasteiger partial charge is 0.497 e. The van der Waals surface area contributed by atoms with Crippen LogP contribution in [0, 0.1) is 0 Å². The highest BCUT2D eigenvalue weighted by Crippen LogP contribution is 2.22. The minimum Gasteiger partial charge on any atom is -0.497 e. The number of nitrogens with one attached hydrogen (secondary N) is 2. The molecule has 0 spiro atoms. The summed E-state index contributed by atoms with van der Waals surface area (Å²) in [7, 11) is 1.67. The smallest absolute Gasteiger partial charge is 0.319 e. The molecule has 24 heavy (non-hydrogen) atoms. The summed E-state index contributed by atoms with van der Waals surface area (Å²) in [4.78, 5) is 18.3. The van der Waals surface area contributed by atoms with Crippen molar-refractivity contribution in [2.45, 2.75) is 18.9 Å². The van der Waals surface area contributed by atoms with E-state index in [1.165, 1.54) is 5.69 Å². The van der Waals surface area contributed by atoms with Gasteiger partial charge in [0.1, 0.15) is 5.75 Å². The molecule has 0 radical (unpaired) electrons. The van der Waals surface area contributed by atoms with Crippen LogP contribution in [0.4, 0.5) is 16.2 Å². The molecule has 0 unspecified atom stereocenters. The number of pyridine rings is 1. The maximum atomic E-state index is 12.0. The van der Waals surface area contributed by atoms with Crippen LogP contribution < -0.4 is 20.3 Å². The number of nitrogens with zero attached hydrogens (tertiary/aromatic N) is 2. The molecule has 1 aliphatic heterocycles. The molecule has 0 aliphatic carbocycles. The van der Waals surface area contributed by atoms with E-state index in [1.54, 1.807) is 31.6 Å². The van der Waals surface area contributed by atoms with Gasteiger partial charge in [0.05, 0.1) is 7.11 Å². The molecule has 126 valence electrons. The highest BCUT2D eigenvalue weighted by atomic mass is 16.5. The third-order valence-corrected chi connectivity index (χ3v) is 4.21. The first-order chi connectivity index (χ1) is 11.7. The molecule has 1 aliphatic rings. The summed E-state index contributed by atoms with van der Waals surface area (Å²) in [5.74, 6) is 0.864. The lowest BCUT2D eigenvalue weighted by atomic mass is 10.0. The number of benzene rings is 1. The van der Waals surface area contributed by atoms with E-state index < -0.39 is 0 Å². The van der Waals surface area contributed by atoms with Gasteiger partial charge in [-0.2, -0.15) is 0 Å². The van der Waals surface area contributed by atoms with Crippen LogP contribution in [0.5, 0.6) is 5.75 Å². The summed E-state index contributed by atoms with van der Waals surface area (Å²) in [6, 6.07) is 11.7. The molecule has 1 aromatic carbocycles. The van der Waals surface area contributed by atoms with E-state index in [0.29, 0.717) is 0 Å². The average molecular weight is 326 g/mol. The monoisotopic (exact) mass is 326 g/mol. The van der Waals surface area contributed by atoms with Crippen molar-refractivity contribution in [2.24, 2.45) is 0 Å². The number of carbonyl (C=O) groups excluding carboxylic acids is 1. The summed E-state index contributed by atoms with van der Waals surface area (Å²) >= 11 is 0. The maximum Gasteiger partial charge on any atom is 0.319 e. The summed E-state index contributed by atoms with van der Waals surface area (Å²) in [5, 5.41) is 5.87. The number of methoxy groups -OCH3 is 1. The second-order valence-electron chi connectivity index (χ2n) is 5.79. The Morgan fingerprint density at radius 3 is 2.42 bits per heavy atom. The Kier molecular flexibility index (Phi) is 5.15. The van der Waals surface area contributed by atoms with Gasteiger partial charge >= 0.3 is 6.03 Å². The molecule has 1 saturated heterocycles. The topological polar surface area (TPSA) is 66.5 Å². The zero-order valence-electron chi connectivity index (χ0n) is 13.7. The number of amides is 2. The number of piperidine rings is 1. The summed E-state index contributed by atoms with van der Waals surface area (Å²) in [6.45, 7) is 1.85. The fraction of sp³-hybridized carbons (Fsp3) is 0.333. The van der Waals surface area contributed by atoms with Crippen LogP contribution in [-0.2, 0) is 0 Å². The average Bonchev–Trinajstić information content (AvgIpc) is 2.63. The number of carbonyl (C=O) groups is 1. The molecule has 1 fully saturated rings. The molecule has 0 bridgehead atoms. The van der Waals surface area contributed by atoms with Crippen LogP contribution in [0.1, 0.15) is 12.8 Å². The Morgan fingerprint density at radius 2 is 1.79 bits per heavy atom. The van der Waals surface area contributed by atoms with Crippen molar-refractivity contribution < 1.29 is 9.53 Å². The molecule has 2 amide bonds. The van der Waals surface area contributed by atoms with E-state index in [1.807, 2.05) is 12.1 Å². The second kappa shape index (κ2) is 7.68. The Balaban J connectivity index is 1.47. The zero-order chi connectivity index (χ0) is 16.8. The quantitative estimate of drug-likeness (QED) is 0.907. The van der Waals surface area contributed by atoms with Gasteiger partial charge in [-0.3, -0.25) is 4.98 Å². The Morgan fingerprint density at radius 1 is 1.12 bits per heavy atom. The third kappa shape index (κ3) is 4.16. The van der Waals surface area contributed by atoms with E-state index in [4.69, 9.17) is 4.74 Å². The standard InChI is InChI=1S/C18H22N4O2/c1-24-17-4-2-16(3-5-17)22-12-8-15(9-13-22)21-18(23)20-14-6-10-19-11-7-14/h2-7,10-11,15H,8-9,12-13H2,1H3,(H2,19,20,21,23). The second-order valence-corrected chi connectivity index (χ2v) is 5.79. The van der Waals surface area contributed by atoms with E-state index in [-0.39, 0.29) is 12.1 Å². The number of urea groups is 1. The molecular weight excluding hydrogens is 304 g/mol. The first-order valence-corrected chi connectivity index (χ1v) is 8.11. The van der Waals surface area contributed by atoms with E-state index in [0.717, 1.165) is 37.4 Å². The fourth-order valence-corrected chi connectivity index (χ4v) is 2.86. The minimum atomic E-state index is -0.163.